The number of benzene rings is 2. The zero-order valence-corrected chi connectivity index (χ0v) is 19.9. The number of methoxy groups -OCH3 is 1. The van der Waals surface area contributed by atoms with Gasteiger partial charge in [0.2, 0.25) is 15.9 Å². The number of carbonyl (C=O) groups is 2. The van der Waals surface area contributed by atoms with Crippen LogP contribution in [0.15, 0.2) is 47.4 Å². The molecule has 0 bridgehead atoms. The molecule has 2 aromatic rings. The van der Waals surface area contributed by atoms with Crippen molar-refractivity contribution in [3.63, 3.8) is 0 Å². The molecule has 1 aliphatic carbocycles. The van der Waals surface area contributed by atoms with Crippen LogP contribution in [-0.4, -0.2) is 44.8 Å². The number of nitrogens with one attached hydrogen (secondary N) is 1. The molecule has 0 aromatic heterocycles. The normalized spacial score (nSPS) is 17.7. The third-order valence-corrected chi connectivity index (χ3v) is 8.61. The summed E-state index contributed by atoms with van der Waals surface area (Å²) in [5.41, 5.74) is 2.92. The van der Waals surface area contributed by atoms with Crippen LogP contribution in [0.25, 0.3) is 0 Å². The van der Waals surface area contributed by atoms with Gasteiger partial charge < -0.3 is 10.1 Å². The van der Waals surface area contributed by atoms with E-state index in [0.29, 0.717) is 23.3 Å². The van der Waals surface area contributed by atoms with E-state index in [1.165, 1.54) is 41.2 Å². The van der Waals surface area contributed by atoms with Crippen molar-refractivity contribution >= 4 is 21.9 Å². The van der Waals surface area contributed by atoms with Gasteiger partial charge in [-0.3, -0.25) is 9.59 Å². The van der Waals surface area contributed by atoms with Gasteiger partial charge in [-0.1, -0.05) is 18.2 Å². The molecule has 1 unspecified atom stereocenters. The van der Waals surface area contributed by atoms with Crippen molar-refractivity contribution in [2.75, 3.05) is 20.2 Å². The van der Waals surface area contributed by atoms with Gasteiger partial charge in [-0.05, 0) is 73.1 Å². The number of carbonyl (C=O) groups excluding carboxylic acids is 2. The summed E-state index contributed by atoms with van der Waals surface area (Å²) in [5, 5.41) is 2.87. The van der Waals surface area contributed by atoms with Crippen molar-refractivity contribution in [3.8, 4) is 0 Å². The summed E-state index contributed by atoms with van der Waals surface area (Å²) in [7, 11) is -2.35. The summed E-state index contributed by atoms with van der Waals surface area (Å²) in [5.74, 6) is -1.55. The third kappa shape index (κ3) is 5.31. The summed E-state index contributed by atoms with van der Waals surface area (Å²) in [6.07, 6.45) is 3.62. The number of rotatable bonds is 7. The number of sulfonamides is 1. The lowest BCUT2D eigenvalue weighted by atomic mass is 9.95. The minimum atomic E-state index is -3.62. The van der Waals surface area contributed by atoms with Crippen LogP contribution >= 0.6 is 0 Å². The second-order valence-corrected chi connectivity index (χ2v) is 10.8. The van der Waals surface area contributed by atoms with Gasteiger partial charge in [0.25, 0.3) is 0 Å². The van der Waals surface area contributed by atoms with Crippen LogP contribution in [0.3, 0.4) is 0 Å². The summed E-state index contributed by atoms with van der Waals surface area (Å²) in [6.45, 7) is 0.492. The molecule has 0 spiro atoms. The van der Waals surface area contributed by atoms with E-state index in [0.717, 1.165) is 24.8 Å². The number of fused-ring (bicyclic) bond motifs is 1. The molecule has 34 heavy (non-hydrogen) atoms. The quantitative estimate of drug-likeness (QED) is 0.605. The molecule has 1 heterocycles. The number of esters is 1. The summed E-state index contributed by atoms with van der Waals surface area (Å²) >= 11 is 0. The van der Waals surface area contributed by atoms with Crippen molar-refractivity contribution in [2.24, 2.45) is 5.92 Å². The molecule has 1 aliphatic heterocycles. The molecule has 1 amide bonds. The molecule has 1 N–H and O–H groups in total. The Bertz CT molecular complexity index is 1160. The van der Waals surface area contributed by atoms with E-state index >= 15 is 0 Å². The zero-order valence-electron chi connectivity index (χ0n) is 19.1. The Labute approximate surface area is 199 Å². The second kappa shape index (κ2) is 10.2. The highest BCUT2D eigenvalue weighted by Crippen LogP contribution is 2.29. The lowest BCUT2D eigenvalue weighted by Gasteiger charge is -2.31. The predicted octanol–water partition coefficient (Wildman–Crippen LogP) is 3.14. The number of halogens is 1. The fourth-order valence-electron chi connectivity index (χ4n) is 4.70. The molecule has 1 fully saturated rings. The Morgan fingerprint density at radius 1 is 1.09 bits per heavy atom. The van der Waals surface area contributed by atoms with E-state index in [2.05, 4.69) is 5.32 Å². The van der Waals surface area contributed by atoms with Gasteiger partial charge >= 0.3 is 5.97 Å². The lowest BCUT2D eigenvalue weighted by molar-refractivity contribution is -0.141. The van der Waals surface area contributed by atoms with Gasteiger partial charge in [0, 0.05) is 19.0 Å². The fraction of sp³-hybridized carbons (Fsp3) is 0.440. The number of hydrogen-bond donors (Lipinski definition) is 1. The molecule has 4 rings (SSSR count). The molecule has 7 nitrogen and oxygen atoms in total. The van der Waals surface area contributed by atoms with E-state index in [1.54, 1.807) is 12.1 Å². The second-order valence-electron chi connectivity index (χ2n) is 8.86. The van der Waals surface area contributed by atoms with Gasteiger partial charge in [-0.15, -0.1) is 0 Å². The van der Waals surface area contributed by atoms with Crippen molar-refractivity contribution in [1.29, 1.82) is 0 Å². The topological polar surface area (TPSA) is 92.8 Å². The van der Waals surface area contributed by atoms with Crippen LogP contribution in [0.1, 0.15) is 48.4 Å². The molecule has 9 heteroatoms. The highest BCUT2D eigenvalue weighted by molar-refractivity contribution is 7.89. The average molecular weight is 489 g/mol. The Morgan fingerprint density at radius 2 is 1.76 bits per heavy atom. The van der Waals surface area contributed by atoms with Crippen molar-refractivity contribution in [3.05, 3.63) is 65.0 Å². The summed E-state index contributed by atoms with van der Waals surface area (Å²) in [6, 6.07) is 10.3. The standard InChI is InChI=1S/C25H29FN2O5S/c1-33-24(29)16-23(18-5-8-21(26)9-6-18)27-25(30)19-11-13-28(14-12-19)34(31,32)22-10-7-17-3-2-4-20(17)15-22/h5-10,15,19,23H,2-4,11-14,16H2,1H3,(H,27,30). The first kappa shape index (κ1) is 24.3. The Kier molecular flexibility index (Phi) is 7.33. The summed E-state index contributed by atoms with van der Waals surface area (Å²) < 4.78 is 45.8. The van der Waals surface area contributed by atoms with Crippen molar-refractivity contribution in [2.45, 2.75) is 49.5 Å². The first-order valence-electron chi connectivity index (χ1n) is 11.5. The SMILES string of the molecule is COC(=O)CC(NC(=O)C1CCN(S(=O)(=O)c2ccc3c(c2)CCC3)CC1)c1ccc(F)cc1. The predicted molar refractivity (Wildman–Crippen MR) is 124 cm³/mol. The van der Waals surface area contributed by atoms with Crippen LogP contribution in [0.2, 0.25) is 0 Å². The molecule has 0 radical (unpaired) electrons. The highest BCUT2D eigenvalue weighted by atomic mass is 32.2. The van der Waals surface area contributed by atoms with E-state index in [-0.39, 0.29) is 31.3 Å². The molecular weight excluding hydrogens is 459 g/mol. The largest absolute Gasteiger partial charge is 0.469 e. The molecule has 182 valence electrons. The number of nitrogens with zero attached hydrogens (tertiary/aromatic N) is 1. The fourth-order valence-corrected chi connectivity index (χ4v) is 6.22. The molecule has 2 aliphatic rings. The van der Waals surface area contributed by atoms with Crippen LogP contribution in [0, 0.1) is 11.7 Å². The lowest BCUT2D eigenvalue weighted by Crippen LogP contribution is -2.44. The number of hydrogen-bond acceptors (Lipinski definition) is 5. The monoisotopic (exact) mass is 488 g/mol. The summed E-state index contributed by atoms with van der Waals surface area (Å²) in [4.78, 5) is 25.1. The highest BCUT2D eigenvalue weighted by Gasteiger charge is 2.33. The Balaban J connectivity index is 1.40. The van der Waals surface area contributed by atoms with Crippen molar-refractivity contribution in [1.82, 2.24) is 9.62 Å². The molecular formula is C25H29FN2O5S. The number of aryl methyl sites for hydroxylation is 2. The average Bonchev–Trinajstić information content (AvgIpc) is 3.32. The van der Waals surface area contributed by atoms with Crippen molar-refractivity contribution < 1.29 is 27.1 Å². The minimum Gasteiger partial charge on any atom is -0.469 e. The molecule has 2 aromatic carbocycles. The maximum atomic E-state index is 13.3. The number of piperidine rings is 1. The third-order valence-electron chi connectivity index (χ3n) is 6.72. The maximum Gasteiger partial charge on any atom is 0.307 e. The Morgan fingerprint density at radius 3 is 2.44 bits per heavy atom. The molecule has 0 saturated carbocycles. The Hall–Kier alpha value is -2.78. The molecule has 1 saturated heterocycles. The number of amides is 1. The molecule has 1 atom stereocenters. The maximum absolute atomic E-state index is 13.3. The number of ether oxygens (including phenoxy) is 1. The van der Waals surface area contributed by atoms with Gasteiger partial charge in [0.15, 0.2) is 0 Å². The van der Waals surface area contributed by atoms with Crippen LogP contribution in [0.4, 0.5) is 4.39 Å². The minimum absolute atomic E-state index is 0.0839. The van der Waals surface area contributed by atoms with Gasteiger partial charge in [0.1, 0.15) is 5.82 Å². The van der Waals surface area contributed by atoms with E-state index in [1.807, 2.05) is 6.07 Å². The zero-order chi connectivity index (χ0) is 24.3. The smallest absolute Gasteiger partial charge is 0.307 e. The van der Waals surface area contributed by atoms with Gasteiger partial charge in [-0.2, -0.15) is 4.31 Å². The first-order valence-corrected chi connectivity index (χ1v) is 13.0. The first-order chi connectivity index (χ1) is 16.3. The van der Waals surface area contributed by atoms with E-state index < -0.39 is 27.9 Å². The van der Waals surface area contributed by atoms with E-state index in [4.69, 9.17) is 4.74 Å². The van der Waals surface area contributed by atoms with E-state index in [9.17, 15) is 22.4 Å². The van der Waals surface area contributed by atoms with Crippen LogP contribution in [-0.2, 0) is 37.2 Å². The van der Waals surface area contributed by atoms with Gasteiger partial charge in [0.05, 0.1) is 24.5 Å². The van der Waals surface area contributed by atoms with Crippen LogP contribution < -0.4 is 5.32 Å². The van der Waals surface area contributed by atoms with Crippen LogP contribution in [0.5, 0.6) is 0 Å². The van der Waals surface area contributed by atoms with Gasteiger partial charge in [-0.25, -0.2) is 12.8 Å².